The van der Waals surface area contributed by atoms with Crippen LogP contribution in [0.25, 0.3) is 0 Å². The minimum atomic E-state index is -1.76. The predicted octanol–water partition coefficient (Wildman–Crippen LogP) is -0.815. The molecule has 0 bridgehead atoms. The monoisotopic (exact) mass is 1150 g/mol. The van der Waals surface area contributed by atoms with Crippen LogP contribution in [0.1, 0.15) is 111 Å². The molecule has 3 fully saturated rings. The molecule has 9 unspecified atom stereocenters. The van der Waals surface area contributed by atoms with E-state index in [1.54, 1.807) is 82.3 Å². The lowest BCUT2D eigenvalue weighted by molar-refractivity contribution is -0.143. The van der Waals surface area contributed by atoms with Crippen LogP contribution in [-0.4, -0.2) is 161 Å². The Morgan fingerprint density at radius 1 is 0.602 bits per heavy atom. The van der Waals surface area contributed by atoms with E-state index in [1.165, 1.54) is 16.7 Å². The Kier molecular flexibility index (Phi) is 24.6. The molecule has 12 amide bonds. The molecule has 0 saturated carbocycles. The highest BCUT2D eigenvalue weighted by Gasteiger charge is 2.42. The van der Waals surface area contributed by atoms with E-state index in [2.05, 4.69) is 42.5 Å². The third-order valence-electron chi connectivity index (χ3n) is 14.4. The predicted molar refractivity (Wildman–Crippen MR) is 303 cm³/mol. The Morgan fingerprint density at radius 2 is 1.11 bits per heavy atom. The van der Waals surface area contributed by atoms with Crippen LogP contribution in [-0.2, 0) is 70.4 Å². The highest BCUT2D eigenvalue weighted by molar-refractivity contribution is 6.00. The molecule has 452 valence electrons. The summed E-state index contributed by atoms with van der Waals surface area (Å²) in [6, 6.07) is 3.25. The number of fused-ring (bicyclic) bond motifs is 2. The maximum Gasteiger partial charge on any atom is 0.246 e. The second-order valence-corrected chi connectivity index (χ2v) is 22.4. The van der Waals surface area contributed by atoms with Gasteiger partial charge in [-0.15, -0.1) is 0 Å². The van der Waals surface area contributed by atoms with Crippen molar-refractivity contribution < 1.29 is 62.3 Å². The number of nitrogens with two attached hydrogens (primary N) is 2. The van der Waals surface area contributed by atoms with Gasteiger partial charge in [-0.1, -0.05) is 75.7 Å². The summed E-state index contributed by atoms with van der Waals surface area (Å²) in [6.45, 7) is 12.1. The van der Waals surface area contributed by atoms with E-state index in [9.17, 15) is 57.5 Å². The summed E-state index contributed by atoms with van der Waals surface area (Å²) < 4.78 is 5.82. The first kappa shape index (κ1) is 65.4. The van der Waals surface area contributed by atoms with Crippen LogP contribution in [0.3, 0.4) is 0 Å². The highest BCUT2D eigenvalue weighted by Crippen LogP contribution is 2.23. The fourth-order valence-electron chi connectivity index (χ4n) is 9.99. The van der Waals surface area contributed by atoms with Gasteiger partial charge in [0, 0.05) is 32.4 Å². The lowest BCUT2D eigenvalue weighted by Gasteiger charge is -2.32. The standard InChI is InChI=1S/C58H82N12O13/c1-32(2)23-26-83-38-19-17-37(18-20-38)29-42-52(76)62-35(7)57(81)69-24-11-15-44(69)55(79)66-40(27-33(3)4)53(77)63-39(21-22-46(59)71)51(75)65-43(30-47(60)72)54(78)64-41(28-36-13-9-8-10-14-36)50(74)61-31-48(73)68-49(34(5)6)58(82)70-25-12-16-45(70)56(80)67-42/h8-10,13-14,17-20,23,33-35,39-45,49H,11-12,15-16,21-22,24-31H2,1-7H3,(H2,59,71)(H2,60,72)(H,61,74)(H,62,76)(H,63,77)(H,64,78)(H,65,75)(H,66,79)(H,67,80)(H,68,73). The first-order chi connectivity index (χ1) is 39.3. The summed E-state index contributed by atoms with van der Waals surface area (Å²) in [7, 11) is 0. The average Bonchev–Trinajstić information content (AvgIpc) is 4.34. The number of carbonyl (C=O) groups excluding carboxylic acids is 12. The summed E-state index contributed by atoms with van der Waals surface area (Å²) in [6.07, 6.45) is 1.24. The molecule has 83 heavy (non-hydrogen) atoms. The molecule has 3 aliphatic heterocycles. The molecule has 0 aliphatic carbocycles. The van der Waals surface area contributed by atoms with Gasteiger partial charge in [-0.05, 0) is 100 Å². The summed E-state index contributed by atoms with van der Waals surface area (Å²) in [5, 5.41) is 20.9. The van der Waals surface area contributed by atoms with Crippen molar-refractivity contribution in [2.45, 2.75) is 167 Å². The molecule has 9 atom stereocenters. The Bertz CT molecular complexity index is 2720. The van der Waals surface area contributed by atoms with E-state index >= 15 is 0 Å². The minimum absolute atomic E-state index is 0.0257. The summed E-state index contributed by atoms with van der Waals surface area (Å²) in [5.74, 6) is -10.2. The van der Waals surface area contributed by atoms with Crippen molar-refractivity contribution >= 4 is 70.9 Å². The van der Waals surface area contributed by atoms with Crippen LogP contribution in [0, 0.1) is 11.8 Å². The highest BCUT2D eigenvalue weighted by atomic mass is 16.5. The van der Waals surface area contributed by atoms with Crippen molar-refractivity contribution in [3.63, 3.8) is 0 Å². The minimum Gasteiger partial charge on any atom is -0.490 e. The van der Waals surface area contributed by atoms with Gasteiger partial charge >= 0.3 is 0 Å². The lowest BCUT2D eigenvalue weighted by Crippen LogP contribution is -2.61. The van der Waals surface area contributed by atoms with E-state index < -0.39 is 157 Å². The molecule has 2 aromatic carbocycles. The fourth-order valence-corrected chi connectivity index (χ4v) is 9.99. The average molecular weight is 1160 g/mol. The Labute approximate surface area is 483 Å². The normalized spacial score (nSPS) is 25.1. The van der Waals surface area contributed by atoms with E-state index in [-0.39, 0.29) is 51.1 Å². The maximum absolute atomic E-state index is 14.5. The number of primary amides is 2. The number of hydrogen-bond acceptors (Lipinski definition) is 13. The molecule has 0 aromatic heterocycles. The van der Waals surface area contributed by atoms with Gasteiger partial charge in [-0.2, -0.15) is 0 Å². The van der Waals surface area contributed by atoms with Crippen molar-refractivity contribution in [2.24, 2.45) is 23.3 Å². The van der Waals surface area contributed by atoms with Crippen LogP contribution in [0.4, 0.5) is 0 Å². The number of nitrogens with one attached hydrogen (secondary N) is 8. The molecule has 0 spiro atoms. The van der Waals surface area contributed by atoms with Crippen LogP contribution in [0.2, 0.25) is 0 Å². The number of rotatable bonds is 15. The van der Waals surface area contributed by atoms with Gasteiger partial charge < -0.3 is 68.5 Å². The molecule has 3 saturated heterocycles. The van der Waals surface area contributed by atoms with Crippen molar-refractivity contribution in [3.05, 3.63) is 77.4 Å². The van der Waals surface area contributed by atoms with Crippen molar-refractivity contribution in [3.8, 4) is 5.75 Å². The number of benzene rings is 2. The number of amides is 12. The number of ether oxygens (including phenoxy) is 1. The number of allylic oxidation sites excluding steroid dienone is 1. The first-order valence-corrected chi connectivity index (χ1v) is 28.3. The number of nitrogens with zero attached hydrogens (tertiary/aromatic N) is 2. The molecule has 25 heteroatoms. The molecule has 2 aromatic rings. The Balaban J connectivity index is 1.52. The molecule has 3 heterocycles. The molecule has 12 N–H and O–H groups in total. The SMILES string of the molecule is CC(C)=CCOc1ccc(CC2NC(=O)C3CCCN3C(=O)C(C(C)C)NC(=O)CNC(=O)C(Cc3ccccc3)NC(=O)C(CC(N)=O)NC(=O)C(CCC(N)=O)NC(=O)C(CC(C)C)NC(=O)C3CCCN3C(=O)C(C)NC2=O)cc1. The molecule has 5 rings (SSSR count). The zero-order valence-electron chi connectivity index (χ0n) is 48.4. The van der Waals surface area contributed by atoms with Gasteiger partial charge in [0.2, 0.25) is 70.9 Å². The number of hydrogen-bond donors (Lipinski definition) is 10. The van der Waals surface area contributed by atoms with Crippen molar-refractivity contribution in [2.75, 3.05) is 26.2 Å². The fraction of sp³-hybridized carbons (Fsp3) is 0.552. The topological polar surface area (TPSA) is 369 Å². The van der Waals surface area contributed by atoms with Crippen LogP contribution >= 0.6 is 0 Å². The van der Waals surface area contributed by atoms with E-state index in [0.29, 0.717) is 36.3 Å². The van der Waals surface area contributed by atoms with E-state index in [1.807, 2.05) is 19.9 Å². The summed E-state index contributed by atoms with van der Waals surface area (Å²) in [4.78, 5) is 169. The summed E-state index contributed by atoms with van der Waals surface area (Å²) in [5.41, 5.74) is 13.2. The van der Waals surface area contributed by atoms with Crippen molar-refractivity contribution in [1.82, 2.24) is 52.3 Å². The van der Waals surface area contributed by atoms with Crippen molar-refractivity contribution in [1.29, 1.82) is 0 Å². The zero-order valence-corrected chi connectivity index (χ0v) is 48.4. The molecule has 0 radical (unpaired) electrons. The quantitative estimate of drug-likeness (QED) is 0.0977. The van der Waals surface area contributed by atoms with Gasteiger partial charge in [-0.25, -0.2) is 0 Å². The Morgan fingerprint density at radius 3 is 1.67 bits per heavy atom. The van der Waals surface area contributed by atoms with Gasteiger partial charge in [0.25, 0.3) is 0 Å². The number of carbonyl (C=O) groups is 12. The molecular formula is C58H82N12O13. The summed E-state index contributed by atoms with van der Waals surface area (Å²) >= 11 is 0. The van der Waals surface area contributed by atoms with Gasteiger partial charge in [-0.3, -0.25) is 57.5 Å². The second-order valence-electron chi connectivity index (χ2n) is 22.4. The van der Waals surface area contributed by atoms with Gasteiger partial charge in [0.1, 0.15) is 66.7 Å². The van der Waals surface area contributed by atoms with E-state index in [0.717, 1.165) is 5.57 Å². The van der Waals surface area contributed by atoms with Crippen LogP contribution < -0.4 is 58.7 Å². The molecular weight excluding hydrogens is 1070 g/mol. The van der Waals surface area contributed by atoms with Crippen LogP contribution in [0.5, 0.6) is 5.75 Å². The third-order valence-corrected chi connectivity index (χ3v) is 14.4. The molecule has 3 aliphatic rings. The van der Waals surface area contributed by atoms with Gasteiger partial charge in [0.05, 0.1) is 13.0 Å². The first-order valence-electron chi connectivity index (χ1n) is 28.3. The maximum atomic E-state index is 14.5. The second kappa shape index (κ2) is 31.2. The van der Waals surface area contributed by atoms with Crippen LogP contribution in [0.15, 0.2) is 66.2 Å². The van der Waals surface area contributed by atoms with E-state index in [4.69, 9.17) is 16.2 Å². The largest absolute Gasteiger partial charge is 0.490 e. The third kappa shape index (κ3) is 19.9. The Hall–Kier alpha value is -8.38. The zero-order chi connectivity index (χ0) is 61.1. The smallest absolute Gasteiger partial charge is 0.246 e. The van der Waals surface area contributed by atoms with Gasteiger partial charge in [0.15, 0.2) is 0 Å². The lowest BCUT2D eigenvalue weighted by atomic mass is 10.0. The molecule has 25 nitrogen and oxygen atoms in total.